The van der Waals surface area contributed by atoms with Crippen LogP contribution >= 0.6 is 11.3 Å². The quantitative estimate of drug-likeness (QED) is 0.214. The number of unbranched alkanes of at least 4 members (excludes halogenated alkanes) is 1. The third-order valence-electron chi connectivity index (χ3n) is 7.60. The van der Waals surface area contributed by atoms with Gasteiger partial charge in [0.2, 0.25) is 0 Å². The molecule has 0 amide bonds. The van der Waals surface area contributed by atoms with Crippen LogP contribution in [0.5, 0.6) is 5.75 Å². The summed E-state index contributed by atoms with van der Waals surface area (Å²) in [5.41, 5.74) is 2.82. The van der Waals surface area contributed by atoms with Gasteiger partial charge in [-0.1, -0.05) is 60.7 Å². The second-order valence-corrected chi connectivity index (χ2v) is 10.9. The van der Waals surface area contributed by atoms with Crippen molar-refractivity contribution in [1.29, 1.82) is 0 Å². The van der Waals surface area contributed by atoms with Gasteiger partial charge < -0.3 is 15.4 Å². The van der Waals surface area contributed by atoms with Crippen molar-refractivity contribution in [3.8, 4) is 5.75 Å². The smallest absolute Gasteiger partial charge is 0.118 e. The van der Waals surface area contributed by atoms with E-state index in [0.717, 1.165) is 51.4 Å². The lowest BCUT2D eigenvalue weighted by Crippen LogP contribution is -2.46. The standard InChI is InChI=1S/C32H39N3OS/c1-36-27-15-13-26(14-16-27)31-24-34-20-22-35(31)21-5-4-18-33-19-17-30(32-12-7-23-37-32)29-11-6-9-25-8-2-3-10-28(25)29/h2-3,6-16,23,30-31,33-34H,4-5,17-22,24H2,1H3. The topological polar surface area (TPSA) is 36.5 Å². The van der Waals surface area contributed by atoms with Crippen molar-refractivity contribution < 1.29 is 4.74 Å². The van der Waals surface area contributed by atoms with Crippen LogP contribution in [0.4, 0.5) is 0 Å². The second-order valence-electron chi connectivity index (χ2n) is 9.91. The summed E-state index contributed by atoms with van der Waals surface area (Å²) in [7, 11) is 1.73. The molecule has 0 radical (unpaired) electrons. The van der Waals surface area contributed by atoms with Crippen LogP contribution < -0.4 is 15.4 Å². The third kappa shape index (κ3) is 6.60. The number of methoxy groups -OCH3 is 1. The first kappa shape index (κ1) is 25.9. The van der Waals surface area contributed by atoms with Gasteiger partial charge in [0.05, 0.1) is 7.11 Å². The number of thiophene rings is 1. The molecule has 1 fully saturated rings. The summed E-state index contributed by atoms with van der Waals surface area (Å²) in [6.45, 7) is 6.46. The molecular weight excluding hydrogens is 474 g/mol. The van der Waals surface area contributed by atoms with Gasteiger partial charge in [-0.3, -0.25) is 4.90 Å². The van der Waals surface area contributed by atoms with Gasteiger partial charge in [-0.2, -0.15) is 0 Å². The Morgan fingerprint density at radius 3 is 2.68 bits per heavy atom. The first-order chi connectivity index (χ1) is 18.3. The van der Waals surface area contributed by atoms with Crippen LogP contribution in [-0.4, -0.2) is 51.3 Å². The third-order valence-corrected chi connectivity index (χ3v) is 8.58. The Morgan fingerprint density at radius 1 is 0.973 bits per heavy atom. The molecule has 4 aromatic rings. The monoisotopic (exact) mass is 513 g/mol. The van der Waals surface area contributed by atoms with E-state index in [-0.39, 0.29) is 0 Å². The molecule has 194 valence electrons. The van der Waals surface area contributed by atoms with E-state index in [4.69, 9.17) is 4.74 Å². The lowest BCUT2D eigenvalue weighted by atomic mass is 9.90. The molecular formula is C32H39N3OS. The van der Waals surface area contributed by atoms with Gasteiger partial charge >= 0.3 is 0 Å². The lowest BCUT2D eigenvalue weighted by molar-refractivity contribution is 0.159. The fourth-order valence-electron chi connectivity index (χ4n) is 5.60. The van der Waals surface area contributed by atoms with Crippen LogP contribution in [0.2, 0.25) is 0 Å². The molecule has 3 aromatic carbocycles. The Labute approximate surface area is 225 Å². The molecule has 1 aliphatic heterocycles. The number of nitrogens with one attached hydrogen (secondary N) is 2. The molecule has 5 rings (SSSR count). The number of piperazine rings is 1. The molecule has 2 N–H and O–H groups in total. The summed E-state index contributed by atoms with van der Waals surface area (Å²) in [4.78, 5) is 4.10. The first-order valence-corrected chi connectivity index (χ1v) is 14.5. The van der Waals surface area contributed by atoms with Crippen molar-refractivity contribution in [2.24, 2.45) is 0 Å². The molecule has 37 heavy (non-hydrogen) atoms. The molecule has 0 bridgehead atoms. The molecule has 1 saturated heterocycles. The number of benzene rings is 3. The number of hydrogen-bond acceptors (Lipinski definition) is 5. The van der Waals surface area contributed by atoms with E-state index in [1.54, 1.807) is 7.11 Å². The maximum atomic E-state index is 5.34. The van der Waals surface area contributed by atoms with E-state index >= 15 is 0 Å². The Hall–Kier alpha value is -2.70. The number of fused-ring (bicyclic) bond motifs is 1. The molecule has 2 unspecified atom stereocenters. The Morgan fingerprint density at radius 2 is 1.84 bits per heavy atom. The molecule has 5 heteroatoms. The highest BCUT2D eigenvalue weighted by molar-refractivity contribution is 7.10. The fourth-order valence-corrected chi connectivity index (χ4v) is 6.48. The van der Waals surface area contributed by atoms with E-state index in [1.165, 1.54) is 39.6 Å². The lowest BCUT2D eigenvalue weighted by Gasteiger charge is -2.36. The Bertz CT molecular complexity index is 1220. The summed E-state index contributed by atoms with van der Waals surface area (Å²) in [5.74, 6) is 1.36. The van der Waals surface area contributed by atoms with Gasteiger partial charge in [0.1, 0.15) is 5.75 Å². The summed E-state index contributed by atoms with van der Waals surface area (Å²) in [5, 5.41) is 12.2. The predicted octanol–water partition coefficient (Wildman–Crippen LogP) is 6.45. The van der Waals surface area contributed by atoms with Crippen molar-refractivity contribution in [3.05, 3.63) is 100 Å². The maximum absolute atomic E-state index is 5.34. The summed E-state index contributed by atoms with van der Waals surface area (Å²) in [6.07, 6.45) is 3.54. The van der Waals surface area contributed by atoms with Gasteiger partial charge in [-0.15, -0.1) is 11.3 Å². The molecule has 2 heterocycles. The number of ether oxygens (including phenoxy) is 1. The van der Waals surface area contributed by atoms with Crippen LogP contribution in [0.3, 0.4) is 0 Å². The van der Waals surface area contributed by atoms with Crippen molar-refractivity contribution in [2.75, 3.05) is 46.4 Å². The average molecular weight is 514 g/mol. The van der Waals surface area contributed by atoms with Crippen LogP contribution in [0.1, 0.15) is 47.2 Å². The average Bonchev–Trinajstić information content (AvgIpc) is 3.49. The first-order valence-electron chi connectivity index (χ1n) is 13.6. The fraction of sp³-hybridized carbons (Fsp3) is 0.375. The van der Waals surface area contributed by atoms with E-state index < -0.39 is 0 Å². The van der Waals surface area contributed by atoms with Gasteiger partial charge in [-0.05, 0) is 84.4 Å². The molecule has 4 nitrogen and oxygen atoms in total. The van der Waals surface area contributed by atoms with Crippen LogP contribution in [0.25, 0.3) is 10.8 Å². The minimum absolute atomic E-state index is 0.435. The zero-order valence-corrected chi connectivity index (χ0v) is 22.7. The summed E-state index contributed by atoms with van der Waals surface area (Å²) >= 11 is 1.88. The van der Waals surface area contributed by atoms with E-state index in [2.05, 4.69) is 99.8 Å². The van der Waals surface area contributed by atoms with Crippen molar-refractivity contribution >= 4 is 22.1 Å². The van der Waals surface area contributed by atoms with Crippen LogP contribution in [-0.2, 0) is 0 Å². The minimum Gasteiger partial charge on any atom is -0.497 e. The maximum Gasteiger partial charge on any atom is 0.118 e. The van der Waals surface area contributed by atoms with Crippen molar-refractivity contribution in [3.63, 3.8) is 0 Å². The molecule has 0 saturated carbocycles. The van der Waals surface area contributed by atoms with Crippen molar-refractivity contribution in [1.82, 2.24) is 15.5 Å². The highest BCUT2D eigenvalue weighted by Gasteiger charge is 2.23. The second kappa shape index (κ2) is 13.2. The van der Waals surface area contributed by atoms with Gasteiger partial charge in [0, 0.05) is 36.5 Å². The highest BCUT2D eigenvalue weighted by Crippen LogP contribution is 2.35. The van der Waals surface area contributed by atoms with Crippen molar-refractivity contribution in [2.45, 2.75) is 31.2 Å². The minimum atomic E-state index is 0.435. The molecule has 2 atom stereocenters. The number of hydrogen-bond donors (Lipinski definition) is 2. The highest BCUT2D eigenvalue weighted by atomic mass is 32.1. The largest absolute Gasteiger partial charge is 0.497 e. The van der Waals surface area contributed by atoms with Crippen LogP contribution in [0, 0.1) is 0 Å². The zero-order valence-electron chi connectivity index (χ0n) is 21.9. The van der Waals surface area contributed by atoms with E-state index in [0.29, 0.717) is 12.0 Å². The molecule has 0 aliphatic carbocycles. The molecule has 1 aliphatic rings. The zero-order chi connectivity index (χ0) is 25.3. The van der Waals surface area contributed by atoms with Gasteiger partial charge in [0.25, 0.3) is 0 Å². The Kier molecular flexibility index (Phi) is 9.25. The SMILES string of the molecule is COc1ccc(C2CNCCN2CCCCNCCC(c2cccs2)c2cccc3ccccc23)cc1. The number of nitrogens with zero attached hydrogens (tertiary/aromatic N) is 1. The molecule has 0 spiro atoms. The number of rotatable bonds is 12. The Balaban J connectivity index is 1.10. The summed E-state index contributed by atoms with van der Waals surface area (Å²) in [6, 6.07) is 29.0. The van der Waals surface area contributed by atoms with Gasteiger partial charge in [-0.25, -0.2) is 0 Å². The molecule has 1 aromatic heterocycles. The van der Waals surface area contributed by atoms with Crippen LogP contribution in [0.15, 0.2) is 84.2 Å². The van der Waals surface area contributed by atoms with E-state index in [1.807, 2.05) is 11.3 Å². The predicted molar refractivity (Wildman–Crippen MR) is 157 cm³/mol. The van der Waals surface area contributed by atoms with Gasteiger partial charge in [0.15, 0.2) is 0 Å². The van der Waals surface area contributed by atoms with E-state index in [9.17, 15) is 0 Å². The summed E-state index contributed by atoms with van der Waals surface area (Å²) < 4.78 is 5.34. The normalized spacial score (nSPS) is 17.2.